The third kappa shape index (κ3) is 2.86. The first kappa shape index (κ1) is 12.1. The van der Waals surface area contributed by atoms with Gasteiger partial charge in [0.2, 0.25) is 5.91 Å². The van der Waals surface area contributed by atoms with Crippen LogP contribution in [0.3, 0.4) is 0 Å². The molecule has 1 heterocycles. The lowest BCUT2D eigenvalue weighted by atomic mass is 10.0. The van der Waals surface area contributed by atoms with Gasteiger partial charge in [0.05, 0.1) is 0 Å². The fraction of sp³-hybridized carbons (Fsp3) is 0.500. The number of benzene rings is 1. The standard InChI is InChI=1S/C14H20N2O/c1-11-5-7-12(8-6-11)13(14(15)17)16-9-3-2-4-10-16/h5-8,13H,2-4,9-10H2,1H3,(H2,15,17)/t13-/m0/s1. The predicted molar refractivity (Wildman–Crippen MR) is 68.5 cm³/mol. The summed E-state index contributed by atoms with van der Waals surface area (Å²) in [6.45, 7) is 3.99. The Morgan fingerprint density at radius 1 is 1.18 bits per heavy atom. The molecule has 1 fully saturated rings. The Balaban J connectivity index is 2.21. The number of nitrogens with two attached hydrogens (primary N) is 1. The Morgan fingerprint density at radius 3 is 2.29 bits per heavy atom. The number of amides is 1. The normalized spacial score (nSPS) is 18.9. The zero-order valence-electron chi connectivity index (χ0n) is 10.4. The first-order chi connectivity index (χ1) is 8.18. The van der Waals surface area contributed by atoms with Crippen LogP contribution in [0.5, 0.6) is 0 Å². The number of nitrogens with zero attached hydrogens (tertiary/aromatic N) is 1. The summed E-state index contributed by atoms with van der Waals surface area (Å²) in [6.07, 6.45) is 3.58. The molecule has 0 spiro atoms. The van der Waals surface area contributed by atoms with Crippen LogP contribution in [0.1, 0.15) is 36.4 Å². The van der Waals surface area contributed by atoms with Gasteiger partial charge in [0, 0.05) is 0 Å². The molecule has 17 heavy (non-hydrogen) atoms. The van der Waals surface area contributed by atoms with E-state index in [2.05, 4.69) is 4.90 Å². The molecule has 2 N–H and O–H groups in total. The first-order valence-corrected chi connectivity index (χ1v) is 6.28. The van der Waals surface area contributed by atoms with E-state index in [1.807, 2.05) is 31.2 Å². The van der Waals surface area contributed by atoms with Crippen molar-refractivity contribution in [2.75, 3.05) is 13.1 Å². The van der Waals surface area contributed by atoms with Crippen LogP contribution in [0.25, 0.3) is 0 Å². The van der Waals surface area contributed by atoms with Crippen LogP contribution in [-0.4, -0.2) is 23.9 Å². The molecule has 92 valence electrons. The van der Waals surface area contributed by atoms with Crippen molar-refractivity contribution in [3.05, 3.63) is 35.4 Å². The Hall–Kier alpha value is -1.35. The maximum atomic E-state index is 11.7. The van der Waals surface area contributed by atoms with Gasteiger partial charge in [-0.1, -0.05) is 36.2 Å². The molecular formula is C14H20N2O. The quantitative estimate of drug-likeness (QED) is 0.866. The number of carbonyl (C=O) groups excluding carboxylic acids is 1. The van der Waals surface area contributed by atoms with E-state index >= 15 is 0 Å². The average Bonchev–Trinajstić information content (AvgIpc) is 2.33. The van der Waals surface area contributed by atoms with Crippen LogP contribution in [-0.2, 0) is 4.79 Å². The molecule has 0 unspecified atom stereocenters. The minimum Gasteiger partial charge on any atom is -0.368 e. The summed E-state index contributed by atoms with van der Waals surface area (Å²) < 4.78 is 0. The minimum atomic E-state index is -0.254. The molecule has 3 heteroatoms. The fourth-order valence-electron chi connectivity index (χ4n) is 2.48. The summed E-state index contributed by atoms with van der Waals surface area (Å²) in [5.74, 6) is -0.240. The van der Waals surface area contributed by atoms with Gasteiger partial charge in [0.1, 0.15) is 6.04 Å². The molecule has 1 aromatic rings. The van der Waals surface area contributed by atoms with E-state index in [0.29, 0.717) is 0 Å². The van der Waals surface area contributed by atoms with Crippen molar-refractivity contribution in [2.45, 2.75) is 32.2 Å². The summed E-state index contributed by atoms with van der Waals surface area (Å²) in [5.41, 5.74) is 7.78. The molecule has 0 aromatic heterocycles. The van der Waals surface area contributed by atoms with E-state index in [1.165, 1.54) is 12.0 Å². The Kier molecular flexibility index (Phi) is 3.79. The number of likely N-dealkylation sites (tertiary alicyclic amines) is 1. The summed E-state index contributed by atoms with van der Waals surface area (Å²) in [6, 6.07) is 7.85. The van der Waals surface area contributed by atoms with E-state index in [0.717, 1.165) is 31.5 Å². The Morgan fingerprint density at radius 2 is 1.76 bits per heavy atom. The molecule has 2 rings (SSSR count). The maximum absolute atomic E-state index is 11.7. The summed E-state index contributed by atoms with van der Waals surface area (Å²) in [7, 11) is 0. The van der Waals surface area contributed by atoms with Crippen LogP contribution in [0.2, 0.25) is 0 Å². The third-order valence-corrected chi connectivity index (χ3v) is 3.42. The maximum Gasteiger partial charge on any atom is 0.239 e. The lowest BCUT2D eigenvalue weighted by Crippen LogP contribution is -2.40. The lowest BCUT2D eigenvalue weighted by molar-refractivity contribution is -0.123. The van der Waals surface area contributed by atoms with Crippen molar-refractivity contribution in [3.8, 4) is 0 Å². The van der Waals surface area contributed by atoms with Crippen LogP contribution < -0.4 is 5.73 Å². The van der Waals surface area contributed by atoms with Gasteiger partial charge in [-0.05, 0) is 38.4 Å². The molecule has 1 atom stereocenters. The highest BCUT2D eigenvalue weighted by atomic mass is 16.1. The molecule has 1 aliphatic rings. The van der Waals surface area contributed by atoms with Crippen LogP contribution >= 0.6 is 0 Å². The fourth-order valence-corrected chi connectivity index (χ4v) is 2.48. The molecular weight excluding hydrogens is 212 g/mol. The first-order valence-electron chi connectivity index (χ1n) is 6.28. The number of piperidine rings is 1. The second-order valence-electron chi connectivity index (χ2n) is 4.81. The highest BCUT2D eigenvalue weighted by Crippen LogP contribution is 2.24. The van der Waals surface area contributed by atoms with Crippen LogP contribution in [0, 0.1) is 6.92 Å². The van der Waals surface area contributed by atoms with Gasteiger partial charge in [-0.15, -0.1) is 0 Å². The van der Waals surface area contributed by atoms with Gasteiger partial charge < -0.3 is 5.73 Å². The zero-order chi connectivity index (χ0) is 12.3. The number of aryl methyl sites for hydroxylation is 1. The highest BCUT2D eigenvalue weighted by Gasteiger charge is 2.26. The van der Waals surface area contributed by atoms with E-state index in [-0.39, 0.29) is 11.9 Å². The van der Waals surface area contributed by atoms with E-state index in [4.69, 9.17) is 5.73 Å². The van der Waals surface area contributed by atoms with Crippen molar-refractivity contribution in [2.24, 2.45) is 5.73 Å². The van der Waals surface area contributed by atoms with Crippen LogP contribution in [0.4, 0.5) is 0 Å². The van der Waals surface area contributed by atoms with Gasteiger partial charge in [-0.2, -0.15) is 0 Å². The zero-order valence-corrected chi connectivity index (χ0v) is 10.4. The largest absolute Gasteiger partial charge is 0.368 e. The number of rotatable bonds is 3. The molecule has 1 saturated heterocycles. The number of primary amides is 1. The van der Waals surface area contributed by atoms with Crippen molar-refractivity contribution in [3.63, 3.8) is 0 Å². The molecule has 0 bridgehead atoms. The van der Waals surface area contributed by atoms with E-state index in [9.17, 15) is 4.79 Å². The van der Waals surface area contributed by atoms with E-state index in [1.54, 1.807) is 0 Å². The summed E-state index contributed by atoms with van der Waals surface area (Å²) in [5, 5.41) is 0. The Labute approximate surface area is 103 Å². The average molecular weight is 232 g/mol. The number of carbonyl (C=O) groups is 1. The van der Waals surface area contributed by atoms with E-state index < -0.39 is 0 Å². The highest BCUT2D eigenvalue weighted by molar-refractivity contribution is 5.81. The topological polar surface area (TPSA) is 46.3 Å². The lowest BCUT2D eigenvalue weighted by Gasteiger charge is -2.32. The van der Waals surface area contributed by atoms with Gasteiger partial charge in [-0.3, -0.25) is 9.69 Å². The summed E-state index contributed by atoms with van der Waals surface area (Å²) >= 11 is 0. The smallest absolute Gasteiger partial charge is 0.239 e. The SMILES string of the molecule is Cc1ccc([C@@H](C(N)=O)N2CCCCC2)cc1. The van der Waals surface area contributed by atoms with Crippen molar-refractivity contribution in [1.82, 2.24) is 4.90 Å². The molecule has 1 aromatic carbocycles. The van der Waals surface area contributed by atoms with Gasteiger partial charge in [0.25, 0.3) is 0 Å². The second kappa shape index (κ2) is 5.32. The van der Waals surface area contributed by atoms with Gasteiger partial charge >= 0.3 is 0 Å². The number of hydrogen-bond acceptors (Lipinski definition) is 2. The molecule has 0 radical (unpaired) electrons. The van der Waals surface area contributed by atoms with Gasteiger partial charge in [0.15, 0.2) is 0 Å². The molecule has 1 amide bonds. The van der Waals surface area contributed by atoms with Crippen molar-refractivity contribution in [1.29, 1.82) is 0 Å². The molecule has 3 nitrogen and oxygen atoms in total. The van der Waals surface area contributed by atoms with Gasteiger partial charge in [-0.25, -0.2) is 0 Å². The predicted octanol–water partition coefficient (Wildman–Crippen LogP) is 2.01. The summed E-state index contributed by atoms with van der Waals surface area (Å²) in [4.78, 5) is 13.9. The third-order valence-electron chi connectivity index (χ3n) is 3.42. The molecule has 0 saturated carbocycles. The minimum absolute atomic E-state index is 0.240. The number of hydrogen-bond donors (Lipinski definition) is 1. The van der Waals surface area contributed by atoms with Crippen molar-refractivity contribution >= 4 is 5.91 Å². The monoisotopic (exact) mass is 232 g/mol. The Bertz CT molecular complexity index is 380. The molecule has 1 aliphatic heterocycles. The van der Waals surface area contributed by atoms with Crippen LogP contribution in [0.15, 0.2) is 24.3 Å². The second-order valence-corrected chi connectivity index (χ2v) is 4.81. The van der Waals surface area contributed by atoms with Crippen molar-refractivity contribution < 1.29 is 4.79 Å². The molecule has 0 aliphatic carbocycles.